The van der Waals surface area contributed by atoms with E-state index in [0.29, 0.717) is 6.04 Å². The number of hydrogen-bond acceptors (Lipinski definition) is 4. The van der Waals surface area contributed by atoms with Gasteiger partial charge < -0.3 is 15.1 Å². The second kappa shape index (κ2) is 6.87. The van der Waals surface area contributed by atoms with Crippen LogP contribution in [-0.4, -0.2) is 49.7 Å². The number of rotatable bonds is 4. The molecule has 1 aliphatic heterocycles. The Morgan fingerprint density at radius 1 is 1.37 bits per heavy atom. The molecule has 2 rings (SSSR count). The summed E-state index contributed by atoms with van der Waals surface area (Å²) in [5.74, 6) is 1.13. The molecule has 1 atom stereocenters. The summed E-state index contributed by atoms with van der Waals surface area (Å²) in [6, 6.07) is 4.93. The van der Waals surface area contributed by atoms with Crippen LogP contribution in [0.4, 0.5) is 5.82 Å². The number of nitrogens with zero attached hydrogens (tertiary/aromatic N) is 3. The van der Waals surface area contributed by atoms with Crippen LogP contribution in [0.5, 0.6) is 0 Å². The minimum absolute atomic E-state index is 0.579. The lowest BCUT2D eigenvalue weighted by Crippen LogP contribution is -2.40. The topological polar surface area (TPSA) is 31.4 Å². The number of aromatic nitrogens is 1. The Balaban J connectivity index is 2.13. The van der Waals surface area contributed by atoms with Crippen LogP contribution in [0, 0.1) is 0 Å². The van der Waals surface area contributed by atoms with Gasteiger partial charge in [-0.1, -0.05) is 13.0 Å². The second-order valence-electron chi connectivity index (χ2n) is 5.43. The predicted molar refractivity (Wildman–Crippen MR) is 80.5 cm³/mol. The highest BCUT2D eigenvalue weighted by atomic mass is 15.3. The Hall–Kier alpha value is -1.13. The van der Waals surface area contributed by atoms with Crippen LogP contribution in [0.15, 0.2) is 18.3 Å². The van der Waals surface area contributed by atoms with E-state index < -0.39 is 0 Å². The first-order valence-corrected chi connectivity index (χ1v) is 7.29. The molecular formula is C15H26N4. The quantitative estimate of drug-likeness (QED) is 0.895. The molecule has 0 amide bonds. The lowest BCUT2D eigenvalue weighted by atomic mass is 10.1. The van der Waals surface area contributed by atoms with Gasteiger partial charge in [0.2, 0.25) is 0 Å². The Kier molecular flexibility index (Phi) is 5.16. The fourth-order valence-electron chi connectivity index (χ4n) is 2.79. The summed E-state index contributed by atoms with van der Waals surface area (Å²) in [5, 5.41) is 3.16. The SMILES string of the molecule is CCC1CN(C)CCCN1c1ccc(CNC)cn1. The number of likely N-dealkylation sites (N-methyl/N-ethyl adjacent to an activating group) is 1. The maximum Gasteiger partial charge on any atom is 0.128 e. The smallest absolute Gasteiger partial charge is 0.128 e. The van der Waals surface area contributed by atoms with Gasteiger partial charge in [-0.3, -0.25) is 0 Å². The molecule has 1 aromatic rings. The average Bonchev–Trinajstić information content (AvgIpc) is 2.61. The minimum atomic E-state index is 0.579. The summed E-state index contributed by atoms with van der Waals surface area (Å²) in [4.78, 5) is 9.57. The summed E-state index contributed by atoms with van der Waals surface area (Å²) in [5.41, 5.74) is 1.24. The second-order valence-corrected chi connectivity index (χ2v) is 5.43. The zero-order valence-corrected chi connectivity index (χ0v) is 12.4. The van der Waals surface area contributed by atoms with E-state index in [1.807, 2.05) is 13.2 Å². The van der Waals surface area contributed by atoms with Gasteiger partial charge in [-0.25, -0.2) is 4.98 Å². The highest BCUT2D eigenvalue weighted by molar-refractivity contribution is 5.41. The van der Waals surface area contributed by atoms with Crippen molar-refractivity contribution in [2.45, 2.75) is 32.4 Å². The van der Waals surface area contributed by atoms with Gasteiger partial charge in [-0.05, 0) is 45.1 Å². The van der Waals surface area contributed by atoms with Gasteiger partial charge >= 0.3 is 0 Å². The van der Waals surface area contributed by atoms with Crippen LogP contribution in [0.3, 0.4) is 0 Å². The molecule has 1 fully saturated rings. The largest absolute Gasteiger partial charge is 0.352 e. The van der Waals surface area contributed by atoms with Gasteiger partial charge in [0.05, 0.1) is 0 Å². The molecule has 1 unspecified atom stereocenters. The molecule has 0 spiro atoms. The van der Waals surface area contributed by atoms with Gasteiger partial charge in [0.1, 0.15) is 5.82 Å². The summed E-state index contributed by atoms with van der Waals surface area (Å²) in [6.07, 6.45) is 4.38. The fourth-order valence-corrected chi connectivity index (χ4v) is 2.79. The van der Waals surface area contributed by atoms with E-state index in [4.69, 9.17) is 0 Å². The van der Waals surface area contributed by atoms with Crippen molar-refractivity contribution in [3.8, 4) is 0 Å². The lowest BCUT2D eigenvalue weighted by molar-refractivity contribution is 0.327. The molecule has 1 N–H and O–H groups in total. The van der Waals surface area contributed by atoms with Crippen molar-refractivity contribution < 1.29 is 0 Å². The third-order valence-corrected chi connectivity index (χ3v) is 3.86. The van der Waals surface area contributed by atoms with E-state index in [2.05, 4.69) is 46.2 Å². The van der Waals surface area contributed by atoms with Crippen molar-refractivity contribution in [2.24, 2.45) is 0 Å². The van der Waals surface area contributed by atoms with Crippen LogP contribution in [0.25, 0.3) is 0 Å². The fraction of sp³-hybridized carbons (Fsp3) is 0.667. The first-order chi connectivity index (χ1) is 9.24. The monoisotopic (exact) mass is 262 g/mol. The maximum atomic E-state index is 4.65. The Morgan fingerprint density at radius 2 is 2.21 bits per heavy atom. The van der Waals surface area contributed by atoms with Crippen LogP contribution in [0.2, 0.25) is 0 Å². The summed E-state index contributed by atoms with van der Waals surface area (Å²) in [6.45, 7) is 6.59. The highest BCUT2D eigenvalue weighted by Crippen LogP contribution is 2.20. The van der Waals surface area contributed by atoms with E-state index in [9.17, 15) is 0 Å². The van der Waals surface area contributed by atoms with Crippen molar-refractivity contribution >= 4 is 5.82 Å². The molecule has 0 bridgehead atoms. The van der Waals surface area contributed by atoms with Gasteiger partial charge in [0, 0.05) is 31.9 Å². The van der Waals surface area contributed by atoms with E-state index in [0.717, 1.165) is 25.5 Å². The third-order valence-electron chi connectivity index (χ3n) is 3.86. The van der Waals surface area contributed by atoms with Crippen LogP contribution in [-0.2, 0) is 6.54 Å². The van der Waals surface area contributed by atoms with Crippen molar-refractivity contribution in [1.82, 2.24) is 15.2 Å². The van der Waals surface area contributed by atoms with Gasteiger partial charge in [0.15, 0.2) is 0 Å². The van der Waals surface area contributed by atoms with Gasteiger partial charge in [0.25, 0.3) is 0 Å². The van der Waals surface area contributed by atoms with E-state index in [1.165, 1.54) is 24.9 Å². The van der Waals surface area contributed by atoms with Crippen molar-refractivity contribution in [1.29, 1.82) is 0 Å². The molecule has 0 radical (unpaired) electrons. The maximum absolute atomic E-state index is 4.65. The van der Waals surface area contributed by atoms with Crippen molar-refractivity contribution in [3.63, 3.8) is 0 Å². The number of pyridine rings is 1. The molecule has 1 aliphatic rings. The van der Waals surface area contributed by atoms with E-state index in [1.54, 1.807) is 0 Å². The predicted octanol–water partition coefficient (Wildman–Crippen LogP) is 1.72. The molecule has 0 aliphatic carbocycles. The lowest BCUT2D eigenvalue weighted by Gasteiger charge is -2.31. The minimum Gasteiger partial charge on any atom is -0.352 e. The summed E-state index contributed by atoms with van der Waals surface area (Å²) >= 11 is 0. The van der Waals surface area contributed by atoms with Crippen LogP contribution in [0.1, 0.15) is 25.3 Å². The molecular weight excluding hydrogens is 236 g/mol. The van der Waals surface area contributed by atoms with Gasteiger partial charge in [-0.15, -0.1) is 0 Å². The normalized spacial score (nSPS) is 21.4. The Morgan fingerprint density at radius 3 is 2.84 bits per heavy atom. The molecule has 19 heavy (non-hydrogen) atoms. The van der Waals surface area contributed by atoms with Crippen molar-refractivity contribution in [3.05, 3.63) is 23.9 Å². The standard InChI is InChI=1S/C15H26N4/c1-4-14-12-18(3)8-5-9-19(14)15-7-6-13(10-16-2)11-17-15/h6-7,11,14,16H,4-5,8-10,12H2,1-3H3. The zero-order chi connectivity index (χ0) is 13.7. The Labute approximate surface area is 116 Å². The molecule has 106 valence electrons. The zero-order valence-electron chi connectivity index (χ0n) is 12.4. The first kappa shape index (κ1) is 14.3. The molecule has 2 heterocycles. The molecule has 4 heteroatoms. The first-order valence-electron chi connectivity index (χ1n) is 7.29. The number of nitrogens with one attached hydrogen (secondary N) is 1. The van der Waals surface area contributed by atoms with E-state index in [-0.39, 0.29) is 0 Å². The van der Waals surface area contributed by atoms with E-state index >= 15 is 0 Å². The molecule has 1 saturated heterocycles. The van der Waals surface area contributed by atoms with Crippen molar-refractivity contribution in [2.75, 3.05) is 38.6 Å². The molecule has 0 saturated carbocycles. The number of hydrogen-bond donors (Lipinski definition) is 1. The molecule has 4 nitrogen and oxygen atoms in total. The molecule has 1 aromatic heterocycles. The van der Waals surface area contributed by atoms with Crippen LogP contribution < -0.4 is 10.2 Å². The summed E-state index contributed by atoms with van der Waals surface area (Å²) < 4.78 is 0. The summed E-state index contributed by atoms with van der Waals surface area (Å²) in [7, 11) is 4.18. The van der Waals surface area contributed by atoms with Crippen LogP contribution >= 0.6 is 0 Å². The number of anilines is 1. The molecule has 0 aromatic carbocycles. The Bertz CT molecular complexity index is 376. The highest BCUT2D eigenvalue weighted by Gasteiger charge is 2.22. The average molecular weight is 262 g/mol. The van der Waals surface area contributed by atoms with Gasteiger partial charge in [-0.2, -0.15) is 0 Å². The third kappa shape index (κ3) is 3.67.